The average molecular weight is 293 g/mol. The molecule has 0 spiro atoms. The van der Waals surface area contributed by atoms with Crippen molar-refractivity contribution in [1.82, 2.24) is 4.90 Å². The van der Waals surface area contributed by atoms with Crippen molar-refractivity contribution in [2.24, 2.45) is 5.92 Å². The van der Waals surface area contributed by atoms with Gasteiger partial charge < -0.3 is 10.0 Å². The monoisotopic (exact) mass is 293 g/mol. The molecule has 0 aromatic rings. The first-order chi connectivity index (χ1) is 8.50. The van der Waals surface area contributed by atoms with Gasteiger partial charge in [0.05, 0.1) is 18.4 Å². The van der Waals surface area contributed by atoms with E-state index in [0.717, 1.165) is 4.90 Å². The Balaban J connectivity index is 2.68. The maximum Gasteiger partial charge on any atom is 0.393 e. The van der Waals surface area contributed by atoms with Gasteiger partial charge in [0.2, 0.25) is 0 Å². The maximum absolute atomic E-state index is 12.8. The summed E-state index contributed by atoms with van der Waals surface area (Å²) >= 11 is 0. The van der Waals surface area contributed by atoms with Gasteiger partial charge in [0.15, 0.2) is 0 Å². The molecule has 1 aliphatic carbocycles. The van der Waals surface area contributed by atoms with E-state index in [9.17, 15) is 31.4 Å². The van der Waals surface area contributed by atoms with Crippen LogP contribution in [0, 0.1) is 5.92 Å². The third kappa shape index (κ3) is 5.18. The first kappa shape index (κ1) is 16.6. The number of hydrogen-bond acceptors (Lipinski definition) is 2. The molecule has 0 amide bonds. The van der Waals surface area contributed by atoms with Crippen molar-refractivity contribution >= 4 is 0 Å². The minimum Gasteiger partial charge on any atom is -0.393 e. The molecule has 3 atom stereocenters. The molecule has 114 valence electrons. The Bertz CT molecular complexity index is 290. The van der Waals surface area contributed by atoms with E-state index >= 15 is 0 Å². The Kier molecular flexibility index (Phi) is 5.11. The number of halogens is 6. The molecule has 1 N–H and O–H groups in total. The van der Waals surface area contributed by atoms with Crippen LogP contribution in [0.3, 0.4) is 0 Å². The van der Waals surface area contributed by atoms with Gasteiger partial charge in [-0.25, -0.2) is 0 Å². The van der Waals surface area contributed by atoms with Crippen molar-refractivity contribution in [3.05, 3.63) is 0 Å². The number of aliphatic hydroxyl groups excluding tert-OH is 1. The second-order valence-corrected chi connectivity index (χ2v) is 5.03. The van der Waals surface area contributed by atoms with Crippen molar-refractivity contribution in [1.29, 1.82) is 0 Å². The molecule has 1 saturated carbocycles. The first-order valence-corrected chi connectivity index (χ1v) is 6.02. The summed E-state index contributed by atoms with van der Waals surface area (Å²) in [5, 5.41) is 9.42. The minimum absolute atomic E-state index is 0.0355. The molecule has 0 aromatic carbocycles. The van der Waals surface area contributed by atoms with Crippen LogP contribution in [-0.4, -0.2) is 48.1 Å². The number of rotatable bonds is 3. The van der Waals surface area contributed by atoms with Crippen LogP contribution in [0.1, 0.15) is 25.7 Å². The highest BCUT2D eigenvalue weighted by Gasteiger charge is 2.48. The molecule has 1 aliphatic rings. The normalized spacial score (nSPS) is 29.8. The lowest BCUT2D eigenvalue weighted by Crippen LogP contribution is -2.49. The Labute approximate surface area is 107 Å². The van der Waals surface area contributed by atoms with Crippen molar-refractivity contribution in [2.75, 3.05) is 13.6 Å². The van der Waals surface area contributed by atoms with Crippen LogP contribution < -0.4 is 0 Å². The number of alkyl halides is 6. The molecule has 0 aliphatic heterocycles. The highest BCUT2D eigenvalue weighted by atomic mass is 19.4. The van der Waals surface area contributed by atoms with Crippen LogP contribution in [0.5, 0.6) is 0 Å². The predicted octanol–water partition coefficient (Wildman–Crippen LogP) is 2.96. The fourth-order valence-corrected chi connectivity index (χ4v) is 2.46. The van der Waals surface area contributed by atoms with Gasteiger partial charge in [0, 0.05) is 12.6 Å². The Morgan fingerprint density at radius 1 is 1.11 bits per heavy atom. The van der Waals surface area contributed by atoms with Crippen LogP contribution in [0.25, 0.3) is 0 Å². The summed E-state index contributed by atoms with van der Waals surface area (Å²) in [6.07, 6.45) is -11.2. The largest absolute Gasteiger partial charge is 0.393 e. The van der Waals surface area contributed by atoms with E-state index in [0.29, 0.717) is 0 Å². The second-order valence-electron chi connectivity index (χ2n) is 5.03. The van der Waals surface area contributed by atoms with E-state index in [1.54, 1.807) is 0 Å². The predicted molar refractivity (Wildman–Crippen MR) is 56.5 cm³/mol. The van der Waals surface area contributed by atoms with E-state index in [-0.39, 0.29) is 19.3 Å². The molecular weight excluding hydrogens is 276 g/mol. The van der Waals surface area contributed by atoms with Gasteiger partial charge in [-0.05, 0) is 26.3 Å². The quantitative estimate of drug-likeness (QED) is 0.809. The minimum atomic E-state index is -4.45. The van der Waals surface area contributed by atoms with Crippen molar-refractivity contribution in [2.45, 2.75) is 50.2 Å². The van der Waals surface area contributed by atoms with Gasteiger partial charge in [-0.15, -0.1) is 0 Å². The highest BCUT2D eigenvalue weighted by molar-refractivity contribution is 4.89. The molecular formula is C11H17F6NO. The average Bonchev–Trinajstić information content (AvgIpc) is 2.23. The van der Waals surface area contributed by atoms with Crippen LogP contribution in [0.15, 0.2) is 0 Å². The molecule has 0 bridgehead atoms. The summed E-state index contributed by atoms with van der Waals surface area (Å²) in [7, 11) is 1.24. The van der Waals surface area contributed by atoms with Gasteiger partial charge in [-0.3, -0.25) is 0 Å². The van der Waals surface area contributed by atoms with Gasteiger partial charge in [0.25, 0.3) is 0 Å². The zero-order valence-corrected chi connectivity index (χ0v) is 10.4. The zero-order chi connectivity index (χ0) is 14.8. The van der Waals surface area contributed by atoms with Gasteiger partial charge in [0.1, 0.15) is 0 Å². The summed E-state index contributed by atoms with van der Waals surface area (Å²) in [6.45, 7) is -0.493. The van der Waals surface area contributed by atoms with E-state index in [2.05, 4.69) is 0 Å². The summed E-state index contributed by atoms with van der Waals surface area (Å²) in [4.78, 5) is 1.06. The third-order valence-electron chi connectivity index (χ3n) is 3.52. The lowest BCUT2D eigenvalue weighted by atomic mass is 9.81. The SMILES string of the molecule is CN(CCC(F)(F)F)C1CC(O)CCC1C(F)(F)F. The van der Waals surface area contributed by atoms with Crippen LogP contribution in [-0.2, 0) is 0 Å². The standard InChI is InChI=1S/C11H17F6NO/c1-18(5-4-10(12,13)14)9-6-7(19)2-3-8(9)11(15,16)17/h7-9,19H,2-6H2,1H3. The fraction of sp³-hybridized carbons (Fsp3) is 1.00. The lowest BCUT2D eigenvalue weighted by molar-refractivity contribution is -0.205. The van der Waals surface area contributed by atoms with Gasteiger partial charge >= 0.3 is 12.4 Å². The number of aliphatic hydroxyl groups is 1. The second kappa shape index (κ2) is 5.87. The Morgan fingerprint density at radius 3 is 2.16 bits per heavy atom. The van der Waals surface area contributed by atoms with Gasteiger partial charge in [-0.2, -0.15) is 26.3 Å². The maximum atomic E-state index is 12.8. The topological polar surface area (TPSA) is 23.5 Å². The highest BCUT2D eigenvalue weighted by Crippen LogP contribution is 2.40. The first-order valence-electron chi connectivity index (χ1n) is 6.02. The molecule has 0 radical (unpaired) electrons. The van der Waals surface area contributed by atoms with Gasteiger partial charge in [-0.1, -0.05) is 0 Å². The Morgan fingerprint density at radius 2 is 1.68 bits per heavy atom. The molecule has 0 aromatic heterocycles. The molecule has 0 heterocycles. The van der Waals surface area contributed by atoms with E-state index in [4.69, 9.17) is 0 Å². The third-order valence-corrected chi connectivity index (χ3v) is 3.52. The van der Waals surface area contributed by atoms with Crippen LogP contribution >= 0.6 is 0 Å². The lowest BCUT2D eigenvalue weighted by Gasteiger charge is -2.40. The Hall–Kier alpha value is -0.500. The van der Waals surface area contributed by atoms with Crippen LogP contribution in [0.2, 0.25) is 0 Å². The summed E-state index contributed by atoms with van der Waals surface area (Å²) in [6, 6.07) is -1.09. The summed E-state index contributed by atoms with van der Waals surface area (Å²) < 4.78 is 74.7. The fourth-order valence-electron chi connectivity index (χ4n) is 2.46. The molecule has 2 nitrogen and oxygen atoms in total. The molecule has 19 heavy (non-hydrogen) atoms. The van der Waals surface area contributed by atoms with Crippen molar-refractivity contribution in [3.8, 4) is 0 Å². The number of hydrogen-bond donors (Lipinski definition) is 1. The van der Waals surface area contributed by atoms with Crippen LogP contribution in [0.4, 0.5) is 26.3 Å². The molecule has 1 rings (SSSR count). The van der Waals surface area contributed by atoms with E-state index < -0.39 is 43.4 Å². The van der Waals surface area contributed by atoms with E-state index in [1.165, 1.54) is 7.05 Å². The molecule has 8 heteroatoms. The smallest absolute Gasteiger partial charge is 0.393 e. The summed E-state index contributed by atoms with van der Waals surface area (Å²) in [5.41, 5.74) is 0. The molecule has 0 saturated heterocycles. The summed E-state index contributed by atoms with van der Waals surface area (Å²) in [5.74, 6) is -1.67. The zero-order valence-electron chi connectivity index (χ0n) is 10.4. The van der Waals surface area contributed by atoms with Crippen molar-refractivity contribution < 1.29 is 31.4 Å². The molecule has 1 fully saturated rings. The van der Waals surface area contributed by atoms with Crippen molar-refractivity contribution in [3.63, 3.8) is 0 Å². The van der Waals surface area contributed by atoms with E-state index in [1.807, 2.05) is 0 Å². The number of nitrogens with zero attached hydrogens (tertiary/aromatic N) is 1. The molecule has 3 unspecified atom stereocenters.